The van der Waals surface area contributed by atoms with Gasteiger partial charge in [0, 0.05) is 23.0 Å². The van der Waals surface area contributed by atoms with Gasteiger partial charge in [-0.2, -0.15) is 0 Å². The van der Waals surface area contributed by atoms with Gasteiger partial charge in [0.2, 0.25) is 0 Å². The molecule has 0 aliphatic carbocycles. The predicted octanol–water partition coefficient (Wildman–Crippen LogP) is 3.27. The third-order valence-corrected chi connectivity index (χ3v) is 3.32. The van der Waals surface area contributed by atoms with Gasteiger partial charge < -0.3 is 10.4 Å². The molecule has 1 atom stereocenters. The molecule has 0 spiro atoms. The summed E-state index contributed by atoms with van der Waals surface area (Å²) in [6.45, 7) is 8.42. The van der Waals surface area contributed by atoms with E-state index in [1.165, 1.54) is 12.1 Å². The quantitative estimate of drug-likeness (QED) is 0.893. The zero-order valence-electron chi connectivity index (χ0n) is 11.3. The number of rotatable bonds is 4. The average Bonchev–Trinajstić information content (AvgIpc) is 2.19. The number of aliphatic hydroxyl groups is 1. The molecule has 1 unspecified atom stereocenters. The third kappa shape index (κ3) is 5.46. The fourth-order valence-electron chi connectivity index (χ4n) is 1.59. The van der Waals surface area contributed by atoms with Gasteiger partial charge in [-0.05, 0) is 45.4 Å². The lowest BCUT2D eigenvalue weighted by Crippen LogP contribution is -2.47. The number of halogens is 2. The monoisotopic (exact) mass is 317 g/mol. The average molecular weight is 318 g/mol. The standard InChI is InChI=1S/C14H21BrFNO/c1-13(2,3)17-9-14(4,18)8-10-5-6-11(16)7-12(10)15/h5-7,17-18H,8-9H2,1-4H3. The molecule has 1 aromatic carbocycles. The van der Waals surface area contributed by atoms with Gasteiger partial charge in [0.15, 0.2) is 0 Å². The molecule has 2 N–H and O–H groups in total. The van der Waals surface area contributed by atoms with E-state index in [-0.39, 0.29) is 11.4 Å². The zero-order valence-corrected chi connectivity index (χ0v) is 12.9. The van der Waals surface area contributed by atoms with Crippen molar-refractivity contribution in [3.8, 4) is 0 Å². The first kappa shape index (κ1) is 15.6. The maximum absolute atomic E-state index is 13.0. The second-order valence-electron chi connectivity index (χ2n) is 6.01. The van der Waals surface area contributed by atoms with Crippen molar-refractivity contribution in [2.24, 2.45) is 0 Å². The number of benzene rings is 1. The van der Waals surface area contributed by atoms with Gasteiger partial charge in [-0.1, -0.05) is 22.0 Å². The summed E-state index contributed by atoms with van der Waals surface area (Å²) < 4.78 is 13.7. The highest BCUT2D eigenvalue weighted by Crippen LogP contribution is 2.23. The van der Waals surface area contributed by atoms with Gasteiger partial charge in [0.1, 0.15) is 5.82 Å². The van der Waals surface area contributed by atoms with Crippen LogP contribution in [0, 0.1) is 5.82 Å². The second-order valence-corrected chi connectivity index (χ2v) is 6.87. The van der Waals surface area contributed by atoms with E-state index in [0.717, 1.165) is 5.56 Å². The fraction of sp³-hybridized carbons (Fsp3) is 0.571. The molecule has 0 heterocycles. The van der Waals surface area contributed by atoms with Crippen molar-refractivity contribution in [2.75, 3.05) is 6.54 Å². The van der Waals surface area contributed by atoms with Crippen LogP contribution in [0.4, 0.5) is 4.39 Å². The SMILES string of the molecule is CC(O)(CNC(C)(C)C)Cc1ccc(F)cc1Br. The van der Waals surface area contributed by atoms with E-state index >= 15 is 0 Å². The van der Waals surface area contributed by atoms with E-state index in [0.29, 0.717) is 17.4 Å². The fourth-order valence-corrected chi connectivity index (χ4v) is 2.08. The maximum atomic E-state index is 13.0. The summed E-state index contributed by atoms with van der Waals surface area (Å²) >= 11 is 3.32. The minimum Gasteiger partial charge on any atom is -0.389 e. The van der Waals surface area contributed by atoms with Crippen LogP contribution in [-0.2, 0) is 6.42 Å². The third-order valence-electron chi connectivity index (χ3n) is 2.59. The Balaban J connectivity index is 2.70. The van der Waals surface area contributed by atoms with Crippen LogP contribution in [0.5, 0.6) is 0 Å². The van der Waals surface area contributed by atoms with Crippen molar-refractivity contribution in [1.29, 1.82) is 0 Å². The molecule has 0 saturated carbocycles. The lowest BCUT2D eigenvalue weighted by Gasteiger charge is -2.29. The van der Waals surface area contributed by atoms with Crippen LogP contribution < -0.4 is 5.32 Å². The Morgan fingerprint density at radius 3 is 2.39 bits per heavy atom. The predicted molar refractivity (Wildman–Crippen MR) is 76.2 cm³/mol. The van der Waals surface area contributed by atoms with Crippen LogP contribution in [-0.4, -0.2) is 22.8 Å². The molecule has 102 valence electrons. The molecule has 0 saturated heterocycles. The van der Waals surface area contributed by atoms with Crippen LogP contribution >= 0.6 is 15.9 Å². The number of nitrogens with one attached hydrogen (secondary N) is 1. The maximum Gasteiger partial charge on any atom is 0.124 e. The van der Waals surface area contributed by atoms with Crippen LogP contribution in [0.25, 0.3) is 0 Å². The van der Waals surface area contributed by atoms with E-state index in [1.54, 1.807) is 13.0 Å². The van der Waals surface area contributed by atoms with E-state index in [1.807, 2.05) is 0 Å². The summed E-state index contributed by atoms with van der Waals surface area (Å²) in [7, 11) is 0. The summed E-state index contributed by atoms with van der Waals surface area (Å²) in [4.78, 5) is 0. The Morgan fingerprint density at radius 1 is 1.28 bits per heavy atom. The normalized spacial score (nSPS) is 15.5. The van der Waals surface area contributed by atoms with Gasteiger partial charge in [0.05, 0.1) is 5.60 Å². The van der Waals surface area contributed by atoms with E-state index < -0.39 is 5.60 Å². The molecule has 1 aromatic rings. The summed E-state index contributed by atoms with van der Waals surface area (Å²) in [6, 6.07) is 4.53. The van der Waals surface area contributed by atoms with Crippen LogP contribution in [0.3, 0.4) is 0 Å². The molecule has 0 amide bonds. The molecule has 18 heavy (non-hydrogen) atoms. The first-order valence-corrected chi connectivity index (χ1v) is 6.80. The molecule has 0 bridgehead atoms. The van der Waals surface area contributed by atoms with Crippen molar-refractivity contribution >= 4 is 15.9 Å². The van der Waals surface area contributed by atoms with Crippen LogP contribution in [0.2, 0.25) is 0 Å². The van der Waals surface area contributed by atoms with Gasteiger partial charge in [-0.3, -0.25) is 0 Å². The number of hydrogen-bond acceptors (Lipinski definition) is 2. The molecule has 0 radical (unpaired) electrons. The molecule has 0 aliphatic rings. The highest BCUT2D eigenvalue weighted by atomic mass is 79.9. The van der Waals surface area contributed by atoms with E-state index in [2.05, 4.69) is 42.0 Å². The van der Waals surface area contributed by atoms with E-state index in [9.17, 15) is 9.50 Å². The molecular formula is C14H21BrFNO. The lowest BCUT2D eigenvalue weighted by molar-refractivity contribution is 0.0533. The smallest absolute Gasteiger partial charge is 0.124 e. The summed E-state index contributed by atoms with van der Waals surface area (Å²) in [5.74, 6) is -0.280. The van der Waals surface area contributed by atoms with Gasteiger partial charge in [-0.25, -0.2) is 4.39 Å². The molecule has 0 aliphatic heterocycles. The van der Waals surface area contributed by atoms with Crippen molar-refractivity contribution in [3.05, 3.63) is 34.1 Å². The van der Waals surface area contributed by atoms with Gasteiger partial charge in [-0.15, -0.1) is 0 Å². The largest absolute Gasteiger partial charge is 0.389 e. The Hall–Kier alpha value is -0.450. The first-order valence-electron chi connectivity index (χ1n) is 6.00. The lowest BCUT2D eigenvalue weighted by atomic mass is 9.95. The molecule has 4 heteroatoms. The molecular weight excluding hydrogens is 297 g/mol. The summed E-state index contributed by atoms with van der Waals surface area (Å²) in [5, 5.41) is 13.6. The summed E-state index contributed by atoms with van der Waals surface area (Å²) in [5.41, 5.74) is -0.00501. The summed E-state index contributed by atoms with van der Waals surface area (Å²) in [6.07, 6.45) is 0.469. The first-order chi connectivity index (χ1) is 8.09. The minimum atomic E-state index is -0.867. The Kier molecular flexibility index (Phi) is 4.92. The van der Waals surface area contributed by atoms with Crippen LogP contribution in [0.1, 0.15) is 33.3 Å². The van der Waals surface area contributed by atoms with Crippen molar-refractivity contribution in [1.82, 2.24) is 5.32 Å². The van der Waals surface area contributed by atoms with E-state index in [4.69, 9.17) is 0 Å². The minimum absolute atomic E-state index is 0.0377. The number of hydrogen-bond donors (Lipinski definition) is 2. The zero-order chi connectivity index (χ0) is 14.0. The van der Waals surface area contributed by atoms with Gasteiger partial charge >= 0.3 is 0 Å². The highest BCUT2D eigenvalue weighted by Gasteiger charge is 2.24. The highest BCUT2D eigenvalue weighted by molar-refractivity contribution is 9.10. The molecule has 2 nitrogen and oxygen atoms in total. The molecule has 0 aromatic heterocycles. The number of β-amino-alcohol motifs (C(OH)–C–C–N with tert-alkyl or cyclic N) is 1. The Labute approximate surface area is 117 Å². The Bertz CT molecular complexity index is 413. The second kappa shape index (κ2) is 5.68. The van der Waals surface area contributed by atoms with Crippen molar-refractivity contribution < 1.29 is 9.50 Å². The Morgan fingerprint density at radius 2 is 1.89 bits per heavy atom. The van der Waals surface area contributed by atoms with Crippen molar-refractivity contribution in [2.45, 2.75) is 45.3 Å². The molecule has 0 fully saturated rings. The van der Waals surface area contributed by atoms with Gasteiger partial charge in [0.25, 0.3) is 0 Å². The molecule has 1 rings (SSSR count). The van der Waals surface area contributed by atoms with Crippen molar-refractivity contribution in [3.63, 3.8) is 0 Å². The van der Waals surface area contributed by atoms with Crippen LogP contribution in [0.15, 0.2) is 22.7 Å². The topological polar surface area (TPSA) is 32.3 Å².